The number of para-hydroxylation sites is 1. The van der Waals surface area contributed by atoms with Gasteiger partial charge in [0.05, 0.1) is 27.3 Å². The monoisotopic (exact) mass is 303 g/mol. The number of carboxylic acid groups (broad SMARTS) is 1. The van der Waals surface area contributed by atoms with E-state index in [1.54, 1.807) is 24.3 Å². The van der Waals surface area contributed by atoms with Gasteiger partial charge in [-0.05, 0) is 12.1 Å². The molecule has 0 atom stereocenters. The molecule has 2 rings (SSSR count). The van der Waals surface area contributed by atoms with Crippen LogP contribution in [0.5, 0.6) is 28.7 Å². The van der Waals surface area contributed by atoms with Crippen molar-refractivity contribution >= 4 is 5.97 Å². The Hall–Kier alpha value is -2.89. The Balaban J connectivity index is 2.44. The zero-order chi connectivity index (χ0) is 16.1. The van der Waals surface area contributed by atoms with Crippen LogP contribution < -0.4 is 24.1 Å². The Morgan fingerprint density at radius 2 is 1.50 bits per heavy atom. The Bertz CT molecular complexity index is 655. The van der Waals surface area contributed by atoms with Gasteiger partial charge in [0, 0.05) is 17.7 Å². The molecule has 0 radical (unpaired) electrons. The molecule has 6 nitrogen and oxygen atoms in total. The molecule has 22 heavy (non-hydrogen) atoms. The van der Waals surface area contributed by atoms with E-state index < -0.39 is 5.97 Å². The van der Waals surface area contributed by atoms with Crippen LogP contribution >= 0.6 is 0 Å². The van der Waals surface area contributed by atoms with Crippen LogP contribution in [-0.2, 0) is 0 Å². The number of ether oxygens (including phenoxy) is 4. The lowest BCUT2D eigenvalue weighted by Crippen LogP contribution is -2.22. The van der Waals surface area contributed by atoms with Crippen LogP contribution in [0, 0.1) is 0 Å². The van der Waals surface area contributed by atoms with Gasteiger partial charge in [0.25, 0.3) is 0 Å². The number of methoxy groups -OCH3 is 3. The van der Waals surface area contributed by atoms with E-state index in [2.05, 4.69) is 0 Å². The minimum absolute atomic E-state index is 0.0451. The molecule has 0 heterocycles. The highest BCUT2D eigenvalue weighted by Crippen LogP contribution is 2.42. The zero-order valence-corrected chi connectivity index (χ0v) is 12.4. The zero-order valence-electron chi connectivity index (χ0n) is 12.4. The number of carbonyl (C=O) groups is 1. The lowest BCUT2D eigenvalue weighted by Gasteiger charge is -2.16. The van der Waals surface area contributed by atoms with Crippen molar-refractivity contribution < 1.29 is 28.8 Å². The lowest BCUT2D eigenvalue weighted by atomic mass is 10.2. The number of carbonyl (C=O) groups excluding carboxylic acids is 1. The van der Waals surface area contributed by atoms with Crippen LogP contribution in [0.4, 0.5) is 0 Å². The number of benzene rings is 2. The Morgan fingerprint density at radius 1 is 0.909 bits per heavy atom. The van der Waals surface area contributed by atoms with E-state index in [0.717, 1.165) is 0 Å². The number of hydrogen-bond donors (Lipinski definition) is 0. The molecular formula is C16H15O6-. The van der Waals surface area contributed by atoms with Crippen molar-refractivity contribution in [1.29, 1.82) is 0 Å². The van der Waals surface area contributed by atoms with E-state index in [4.69, 9.17) is 18.9 Å². The van der Waals surface area contributed by atoms with Crippen LogP contribution in [0.2, 0.25) is 0 Å². The van der Waals surface area contributed by atoms with Gasteiger partial charge in [0.2, 0.25) is 5.75 Å². The second-order valence-corrected chi connectivity index (χ2v) is 4.25. The number of hydrogen-bond acceptors (Lipinski definition) is 6. The van der Waals surface area contributed by atoms with Gasteiger partial charge in [-0.1, -0.05) is 12.1 Å². The predicted molar refractivity (Wildman–Crippen MR) is 76.9 cm³/mol. The van der Waals surface area contributed by atoms with Crippen LogP contribution in [0.1, 0.15) is 10.4 Å². The van der Waals surface area contributed by atoms with Gasteiger partial charge in [0.15, 0.2) is 11.5 Å². The van der Waals surface area contributed by atoms with Crippen molar-refractivity contribution in [2.75, 3.05) is 21.3 Å². The minimum atomic E-state index is -1.32. The second kappa shape index (κ2) is 6.71. The molecule has 0 aliphatic heterocycles. The average molecular weight is 303 g/mol. The Labute approximate surface area is 127 Å². The summed E-state index contributed by atoms with van der Waals surface area (Å²) in [6.45, 7) is 0. The summed E-state index contributed by atoms with van der Waals surface area (Å²) in [6, 6.07) is 9.35. The summed E-state index contributed by atoms with van der Waals surface area (Å²) in [5, 5.41) is 11.1. The van der Waals surface area contributed by atoms with E-state index in [9.17, 15) is 9.90 Å². The van der Waals surface area contributed by atoms with Crippen molar-refractivity contribution in [2.24, 2.45) is 0 Å². The molecule has 0 aromatic heterocycles. The van der Waals surface area contributed by atoms with Gasteiger partial charge >= 0.3 is 0 Å². The minimum Gasteiger partial charge on any atom is -0.545 e. The highest BCUT2D eigenvalue weighted by Gasteiger charge is 2.15. The smallest absolute Gasteiger partial charge is 0.203 e. The van der Waals surface area contributed by atoms with Gasteiger partial charge in [-0.3, -0.25) is 0 Å². The first-order valence-electron chi connectivity index (χ1n) is 6.39. The SMILES string of the molecule is COc1cc(Oc2ccccc2C(=O)[O-])cc(OC)c1OC. The number of carboxylic acids is 1. The third-order valence-corrected chi connectivity index (χ3v) is 2.97. The van der Waals surface area contributed by atoms with Gasteiger partial charge in [0.1, 0.15) is 11.5 Å². The van der Waals surface area contributed by atoms with Gasteiger partial charge in [-0.25, -0.2) is 0 Å². The molecule has 6 heteroatoms. The van der Waals surface area contributed by atoms with Crippen molar-refractivity contribution in [2.45, 2.75) is 0 Å². The van der Waals surface area contributed by atoms with Crippen molar-refractivity contribution in [3.63, 3.8) is 0 Å². The van der Waals surface area contributed by atoms with Crippen LogP contribution in [0.3, 0.4) is 0 Å². The maximum atomic E-state index is 11.1. The van der Waals surface area contributed by atoms with Gasteiger partial charge < -0.3 is 28.8 Å². The third-order valence-electron chi connectivity index (χ3n) is 2.97. The molecule has 2 aromatic rings. The van der Waals surface area contributed by atoms with Gasteiger partial charge in [-0.2, -0.15) is 0 Å². The summed E-state index contributed by atoms with van der Waals surface area (Å²) in [7, 11) is 4.46. The van der Waals surface area contributed by atoms with Gasteiger partial charge in [-0.15, -0.1) is 0 Å². The third kappa shape index (κ3) is 3.06. The molecule has 0 spiro atoms. The normalized spacial score (nSPS) is 9.95. The fraction of sp³-hybridized carbons (Fsp3) is 0.188. The van der Waals surface area contributed by atoms with E-state index in [0.29, 0.717) is 23.0 Å². The molecule has 0 N–H and O–H groups in total. The largest absolute Gasteiger partial charge is 0.545 e. The number of rotatable bonds is 6. The molecule has 0 bridgehead atoms. The fourth-order valence-electron chi connectivity index (χ4n) is 1.97. The summed E-state index contributed by atoms with van der Waals surface area (Å²) >= 11 is 0. The molecule has 0 aliphatic carbocycles. The van der Waals surface area contributed by atoms with E-state index >= 15 is 0 Å². The number of aromatic carboxylic acids is 1. The molecule has 2 aromatic carbocycles. The topological polar surface area (TPSA) is 77.1 Å². The van der Waals surface area contributed by atoms with E-state index in [1.165, 1.54) is 33.5 Å². The van der Waals surface area contributed by atoms with Crippen molar-refractivity contribution in [3.05, 3.63) is 42.0 Å². The second-order valence-electron chi connectivity index (χ2n) is 4.25. The molecule has 0 saturated heterocycles. The summed E-state index contributed by atoms with van der Waals surface area (Å²) in [4.78, 5) is 11.1. The van der Waals surface area contributed by atoms with Crippen LogP contribution in [0.15, 0.2) is 36.4 Å². The molecule has 0 saturated carbocycles. The summed E-state index contributed by atoms with van der Waals surface area (Å²) in [5.74, 6) is 0.430. The van der Waals surface area contributed by atoms with Crippen molar-refractivity contribution in [3.8, 4) is 28.7 Å². The summed E-state index contributed by atoms with van der Waals surface area (Å²) in [5.41, 5.74) is -0.0451. The quantitative estimate of drug-likeness (QED) is 0.810. The standard InChI is InChI=1S/C16H16O6/c1-19-13-8-10(9-14(20-2)15(13)21-3)22-12-7-5-4-6-11(12)16(17)18/h4-9H,1-3H3,(H,17,18)/p-1. The lowest BCUT2D eigenvalue weighted by molar-refractivity contribution is -0.255. The predicted octanol–water partition coefficient (Wildman–Crippen LogP) is 1.87. The Morgan fingerprint density at radius 3 is 2.00 bits per heavy atom. The average Bonchev–Trinajstić information content (AvgIpc) is 2.54. The molecule has 0 fully saturated rings. The Kier molecular flexibility index (Phi) is 4.73. The molecule has 0 unspecified atom stereocenters. The molecule has 0 amide bonds. The maximum Gasteiger partial charge on any atom is 0.203 e. The van der Waals surface area contributed by atoms with Crippen LogP contribution in [-0.4, -0.2) is 27.3 Å². The summed E-state index contributed by atoms with van der Waals surface area (Å²) in [6.07, 6.45) is 0. The summed E-state index contributed by atoms with van der Waals surface area (Å²) < 4.78 is 21.3. The van der Waals surface area contributed by atoms with Crippen LogP contribution in [0.25, 0.3) is 0 Å². The fourth-order valence-corrected chi connectivity index (χ4v) is 1.97. The highest BCUT2D eigenvalue weighted by atomic mass is 16.5. The molecular weight excluding hydrogens is 288 g/mol. The highest BCUT2D eigenvalue weighted by molar-refractivity contribution is 5.89. The van der Waals surface area contributed by atoms with E-state index in [-0.39, 0.29) is 11.3 Å². The maximum absolute atomic E-state index is 11.1. The van der Waals surface area contributed by atoms with E-state index in [1.807, 2.05) is 0 Å². The molecule has 116 valence electrons. The van der Waals surface area contributed by atoms with Crippen molar-refractivity contribution in [1.82, 2.24) is 0 Å². The molecule has 0 aliphatic rings. The first-order chi connectivity index (χ1) is 10.6. The first kappa shape index (κ1) is 15.5. The first-order valence-corrected chi connectivity index (χ1v) is 6.39.